The number of H-pyrrole nitrogens is 1. The molecule has 0 unspecified atom stereocenters. The van der Waals surface area contributed by atoms with E-state index in [4.69, 9.17) is 4.74 Å². The molecular formula is C14H10N2O2. The number of esters is 1. The lowest BCUT2D eigenvalue weighted by Gasteiger charge is -2.01. The molecule has 0 aliphatic heterocycles. The molecule has 0 fully saturated rings. The van der Waals surface area contributed by atoms with E-state index in [0.29, 0.717) is 11.3 Å². The quantitative estimate of drug-likeness (QED) is 0.698. The van der Waals surface area contributed by atoms with Crippen LogP contribution in [0.5, 0.6) is 5.75 Å². The molecule has 0 saturated carbocycles. The van der Waals surface area contributed by atoms with E-state index in [1.165, 1.54) is 6.20 Å². The van der Waals surface area contributed by atoms with Gasteiger partial charge in [-0.15, -0.1) is 0 Å². The first-order valence-electron chi connectivity index (χ1n) is 5.53. The Hall–Kier alpha value is -2.62. The summed E-state index contributed by atoms with van der Waals surface area (Å²) in [5.74, 6) is 0.118. The first-order chi connectivity index (χ1) is 8.84. The Morgan fingerprint density at radius 2 is 2.06 bits per heavy atom. The summed E-state index contributed by atoms with van der Waals surface area (Å²) in [6, 6.07) is 11.0. The number of carbonyl (C=O) groups is 1. The summed E-state index contributed by atoms with van der Waals surface area (Å²) >= 11 is 0. The minimum atomic E-state index is -0.409. The number of hydrogen-bond acceptors (Lipinski definition) is 3. The van der Waals surface area contributed by atoms with Crippen LogP contribution in [0.3, 0.4) is 0 Å². The number of ether oxygens (including phenoxy) is 1. The molecule has 0 atom stereocenters. The molecule has 18 heavy (non-hydrogen) atoms. The Labute approximate surface area is 103 Å². The highest BCUT2D eigenvalue weighted by Gasteiger charge is 2.11. The lowest BCUT2D eigenvalue weighted by Crippen LogP contribution is -2.08. The summed E-state index contributed by atoms with van der Waals surface area (Å²) in [4.78, 5) is 18.8. The van der Waals surface area contributed by atoms with Crippen molar-refractivity contribution < 1.29 is 9.53 Å². The number of rotatable bonds is 2. The molecule has 88 valence electrons. The highest BCUT2D eigenvalue weighted by molar-refractivity contribution is 5.94. The number of benzene rings is 1. The van der Waals surface area contributed by atoms with Crippen molar-refractivity contribution >= 4 is 16.9 Å². The van der Waals surface area contributed by atoms with Crippen LogP contribution in [0.15, 0.2) is 55.0 Å². The second-order valence-electron chi connectivity index (χ2n) is 3.83. The summed E-state index contributed by atoms with van der Waals surface area (Å²) in [6.45, 7) is 0. The first kappa shape index (κ1) is 10.5. The Morgan fingerprint density at radius 3 is 2.89 bits per heavy atom. The third-order valence-electron chi connectivity index (χ3n) is 2.65. The fourth-order valence-corrected chi connectivity index (χ4v) is 1.77. The van der Waals surface area contributed by atoms with Crippen LogP contribution in [0, 0.1) is 0 Å². The van der Waals surface area contributed by atoms with Gasteiger partial charge in [0, 0.05) is 29.5 Å². The molecule has 0 spiro atoms. The molecule has 1 N–H and O–H groups in total. The number of hydrogen-bond donors (Lipinski definition) is 1. The van der Waals surface area contributed by atoms with Gasteiger partial charge in [-0.2, -0.15) is 0 Å². The standard InChI is InChI=1S/C14H10N2O2/c17-14(10-4-3-7-15-8-10)18-13-9-16-12-6-2-1-5-11(12)13/h1-9,16H. The zero-order valence-corrected chi connectivity index (χ0v) is 9.46. The van der Waals surface area contributed by atoms with E-state index < -0.39 is 5.97 Å². The van der Waals surface area contributed by atoms with Gasteiger partial charge in [-0.1, -0.05) is 12.1 Å². The van der Waals surface area contributed by atoms with Gasteiger partial charge in [-0.3, -0.25) is 4.98 Å². The number of aromatic amines is 1. The Balaban J connectivity index is 1.91. The number of pyridine rings is 1. The Morgan fingerprint density at radius 1 is 1.17 bits per heavy atom. The summed E-state index contributed by atoms with van der Waals surface area (Å²) in [6.07, 6.45) is 4.78. The molecule has 1 aromatic carbocycles. The van der Waals surface area contributed by atoms with Crippen LogP contribution in [0.4, 0.5) is 0 Å². The van der Waals surface area contributed by atoms with Crippen molar-refractivity contribution in [2.75, 3.05) is 0 Å². The molecule has 0 amide bonds. The molecule has 2 aromatic heterocycles. The maximum atomic E-state index is 11.9. The fraction of sp³-hybridized carbons (Fsp3) is 0. The van der Waals surface area contributed by atoms with Crippen molar-refractivity contribution in [3.05, 3.63) is 60.6 Å². The van der Waals surface area contributed by atoms with Crippen molar-refractivity contribution in [1.29, 1.82) is 0 Å². The topological polar surface area (TPSA) is 55.0 Å². The average molecular weight is 238 g/mol. The zero-order valence-electron chi connectivity index (χ0n) is 9.46. The lowest BCUT2D eigenvalue weighted by molar-refractivity contribution is 0.0736. The van der Waals surface area contributed by atoms with E-state index in [1.54, 1.807) is 24.5 Å². The van der Waals surface area contributed by atoms with Gasteiger partial charge in [-0.05, 0) is 24.3 Å². The number of nitrogens with zero attached hydrogens (tertiary/aromatic N) is 1. The number of carbonyl (C=O) groups excluding carboxylic acids is 1. The molecular weight excluding hydrogens is 228 g/mol. The van der Waals surface area contributed by atoms with Gasteiger partial charge in [0.05, 0.1) is 5.56 Å². The van der Waals surface area contributed by atoms with Gasteiger partial charge in [0.15, 0.2) is 5.75 Å². The van der Waals surface area contributed by atoms with Gasteiger partial charge in [0.1, 0.15) is 0 Å². The third-order valence-corrected chi connectivity index (χ3v) is 2.65. The van der Waals surface area contributed by atoms with Crippen molar-refractivity contribution in [2.45, 2.75) is 0 Å². The van der Waals surface area contributed by atoms with Crippen LogP contribution < -0.4 is 4.74 Å². The first-order valence-corrected chi connectivity index (χ1v) is 5.53. The monoisotopic (exact) mass is 238 g/mol. The predicted molar refractivity (Wildman–Crippen MR) is 67.5 cm³/mol. The van der Waals surface area contributed by atoms with E-state index >= 15 is 0 Å². The molecule has 0 bridgehead atoms. The summed E-state index contributed by atoms with van der Waals surface area (Å²) in [7, 11) is 0. The van der Waals surface area contributed by atoms with Gasteiger partial charge in [0.25, 0.3) is 0 Å². The Bertz CT molecular complexity index is 689. The fourth-order valence-electron chi connectivity index (χ4n) is 1.77. The smallest absolute Gasteiger partial charge is 0.345 e. The van der Waals surface area contributed by atoms with Crippen LogP contribution in [0.2, 0.25) is 0 Å². The zero-order chi connectivity index (χ0) is 12.4. The molecule has 3 rings (SSSR count). The van der Waals surface area contributed by atoms with Gasteiger partial charge in [-0.25, -0.2) is 4.79 Å². The van der Waals surface area contributed by atoms with Gasteiger partial charge < -0.3 is 9.72 Å². The van der Waals surface area contributed by atoms with Crippen molar-refractivity contribution in [2.24, 2.45) is 0 Å². The molecule has 0 saturated heterocycles. The van der Waals surface area contributed by atoms with E-state index in [2.05, 4.69) is 9.97 Å². The van der Waals surface area contributed by atoms with Crippen LogP contribution in [0.25, 0.3) is 10.9 Å². The van der Waals surface area contributed by atoms with Gasteiger partial charge in [0.2, 0.25) is 0 Å². The van der Waals surface area contributed by atoms with Crippen LogP contribution in [-0.4, -0.2) is 15.9 Å². The SMILES string of the molecule is O=C(Oc1c[nH]c2ccccc12)c1cccnc1. The molecule has 4 nitrogen and oxygen atoms in total. The number of aromatic nitrogens is 2. The van der Waals surface area contributed by atoms with Crippen LogP contribution in [0.1, 0.15) is 10.4 Å². The number of para-hydroxylation sites is 1. The lowest BCUT2D eigenvalue weighted by atomic mass is 10.2. The van der Waals surface area contributed by atoms with E-state index in [-0.39, 0.29) is 0 Å². The van der Waals surface area contributed by atoms with Crippen molar-refractivity contribution in [3.8, 4) is 5.75 Å². The number of fused-ring (bicyclic) bond motifs is 1. The molecule has 0 aliphatic rings. The third kappa shape index (κ3) is 1.84. The average Bonchev–Trinajstić information content (AvgIpc) is 2.83. The van der Waals surface area contributed by atoms with Crippen LogP contribution >= 0.6 is 0 Å². The summed E-state index contributed by atoms with van der Waals surface area (Å²) in [5, 5.41) is 0.884. The van der Waals surface area contributed by atoms with E-state index in [0.717, 1.165) is 10.9 Å². The Kier molecular flexibility index (Phi) is 2.53. The second-order valence-corrected chi connectivity index (χ2v) is 3.83. The minimum Gasteiger partial charge on any atom is -0.421 e. The summed E-state index contributed by atoms with van der Waals surface area (Å²) < 4.78 is 5.34. The molecule has 0 radical (unpaired) electrons. The van der Waals surface area contributed by atoms with E-state index in [1.807, 2.05) is 24.3 Å². The number of nitrogens with one attached hydrogen (secondary N) is 1. The molecule has 3 aromatic rings. The highest BCUT2D eigenvalue weighted by Crippen LogP contribution is 2.25. The summed E-state index contributed by atoms with van der Waals surface area (Å²) in [5.41, 5.74) is 1.37. The van der Waals surface area contributed by atoms with Crippen molar-refractivity contribution in [1.82, 2.24) is 9.97 Å². The second kappa shape index (κ2) is 4.33. The molecule has 4 heteroatoms. The predicted octanol–water partition coefficient (Wildman–Crippen LogP) is 2.78. The molecule has 2 heterocycles. The maximum Gasteiger partial charge on any atom is 0.345 e. The van der Waals surface area contributed by atoms with E-state index in [9.17, 15) is 4.79 Å². The highest BCUT2D eigenvalue weighted by atomic mass is 16.5. The van der Waals surface area contributed by atoms with Crippen molar-refractivity contribution in [3.63, 3.8) is 0 Å². The van der Waals surface area contributed by atoms with Gasteiger partial charge >= 0.3 is 5.97 Å². The normalized spacial score (nSPS) is 10.4. The largest absolute Gasteiger partial charge is 0.421 e. The molecule has 0 aliphatic carbocycles. The maximum absolute atomic E-state index is 11.9. The van der Waals surface area contributed by atoms with Crippen LogP contribution in [-0.2, 0) is 0 Å². The minimum absolute atomic E-state index is 0.409.